The van der Waals surface area contributed by atoms with Crippen molar-refractivity contribution in [1.82, 2.24) is 9.88 Å². The number of thioether (sulfide) groups is 1. The summed E-state index contributed by atoms with van der Waals surface area (Å²) in [6.07, 6.45) is 1.08. The third kappa shape index (κ3) is 7.96. The Bertz CT molecular complexity index is 629. The van der Waals surface area contributed by atoms with Crippen LogP contribution < -0.4 is 4.52 Å². The zero-order valence-corrected chi connectivity index (χ0v) is 20.8. The zero-order chi connectivity index (χ0) is 18.3. The lowest BCUT2D eigenvalue weighted by Crippen LogP contribution is -2.19. The molecule has 0 aliphatic carbocycles. The second kappa shape index (κ2) is 10.8. The molecule has 1 unspecified atom stereocenters. The average Bonchev–Trinajstić information content (AvgIpc) is 2.46. The van der Waals surface area contributed by atoms with Crippen LogP contribution in [0.4, 0.5) is 0 Å². The minimum atomic E-state index is -2.51. The Morgan fingerprint density at radius 1 is 1.42 bits per heavy atom. The molecule has 0 aliphatic heterocycles. The lowest BCUT2D eigenvalue weighted by molar-refractivity contribution is 0.592. The van der Waals surface area contributed by atoms with E-state index >= 15 is 0 Å². The van der Waals surface area contributed by atoms with E-state index in [1.807, 2.05) is 25.1 Å². The Morgan fingerprint density at radius 3 is 2.58 bits per heavy atom. The van der Waals surface area contributed by atoms with Gasteiger partial charge in [-0.25, -0.2) is 4.98 Å². The van der Waals surface area contributed by atoms with Crippen molar-refractivity contribution in [2.24, 2.45) is 4.76 Å². The maximum atomic E-state index is 6.11. The van der Waals surface area contributed by atoms with Crippen LogP contribution in [-0.4, -0.2) is 40.1 Å². The summed E-state index contributed by atoms with van der Waals surface area (Å²) in [6, 6.07) is 3.69. The van der Waals surface area contributed by atoms with E-state index in [0.717, 1.165) is 21.8 Å². The minimum Gasteiger partial charge on any atom is -0.421 e. The molecule has 0 radical (unpaired) electrons. The molecule has 0 N–H and O–H groups in total. The Morgan fingerprint density at radius 2 is 2.08 bits per heavy atom. The van der Waals surface area contributed by atoms with Crippen LogP contribution in [0.1, 0.15) is 27.2 Å². The zero-order valence-electron chi connectivity index (χ0n) is 14.3. The fourth-order valence-electron chi connectivity index (χ4n) is 1.45. The molecule has 1 aromatic heterocycles. The van der Waals surface area contributed by atoms with Crippen molar-refractivity contribution < 1.29 is 4.52 Å². The number of amidine groups is 1. The first-order chi connectivity index (χ1) is 11.2. The number of halogens is 2. The molecule has 0 bridgehead atoms. The van der Waals surface area contributed by atoms with E-state index in [1.165, 1.54) is 0 Å². The van der Waals surface area contributed by atoms with Crippen LogP contribution >= 0.6 is 60.6 Å². The van der Waals surface area contributed by atoms with E-state index in [0.29, 0.717) is 15.7 Å². The van der Waals surface area contributed by atoms with Crippen molar-refractivity contribution in [3.05, 3.63) is 21.2 Å². The molecule has 0 amide bonds. The highest BCUT2D eigenvalue weighted by atomic mass is 79.9. The number of nitrogens with zero attached hydrogens (tertiary/aromatic N) is 3. The Labute approximate surface area is 175 Å². The van der Waals surface area contributed by atoms with Gasteiger partial charge in [0.2, 0.25) is 5.88 Å². The molecule has 0 aliphatic rings. The monoisotopic (exact) mass is 533 g/mol. The van der Waals surface area contributed by atoms with Gasteiger partial charge in [-0.1, -0.05) is 43.9 Å². The van der Waals surface area contributed by atoms with Gasteiger partial charge >= 0.3 is 0 Å². The first-order valence-corrected chi connectivity index (χ1v) is 14.1. The topological polar surface area (TPSA) is 37.7 Å². The smallest absolute Gasteiger partial charge is 0.284 e. The number of hydrogen-bond donors (Lipinski definition) is 0. The van der Waals surface area contributed by atoms with Crippen molar-refractivity contribution in [2.75, 3.05) is 19.8 Å². The van der Waals surface area contributed by atoms with E-state index in [9.17, 15) is 0 Å². The molecule has 1 atom stereocenters. The molecule has 1 rings (SSSR count). The van der Waals surface area contributed by atoms with Crippen LogP contribution in [0.15, 0.2) is 26.0 Å². The SMILES string of the molecule is CCCSC(=NP(=S)(Oc1ccc(Br)c(Br)n1)SC(C)C)N(C)C. The first-order valence-electron chi connectivity index (χ1n) is 7.37. The summed E-state index contributed by atoms with van der Waals surface area (Å²) < 4.78 is 12.5. The molecule has 10 heteroatoms. The molecule has 0 fully saturated rings. The summed E-state index contributed by atoms with van der Waals surface area (Å²) in [5, 5.41) is 1.22. The molecule has 136 valence electrons. The molecule has 1 aromatic rings. The standard InChI is InChI=1S/C14H22Br2N3OPS3/c1-6-9-23-14(19(4)5)18-21(22,24-10(2)3)20-12-8-7-11(15)13(16)17-12/h7-8,10H,6,9H2,1-5H3. The minimum absolute atomic E-state index is 0.318. The van der Waals surface area contributed by atoms with Gasteiger partial charge in [-0.2, -0.15) is 4.76 Å². The van der Waals surface area contributed by atoms with Gasteiger partial charge in [-0.05, 0) is 56.2 Å². The maximum Gasteiger partial charge on any atom is 0.284 e. The predicted molar refractivity (Wildman–Crippen MR) is 121 cm³/mol. The van der Waals surface area contributed by atoms with Gasteiger partial charge in [-0.3, -0.25) is 0 Å². The lowest BCUT2D eigenvalue weighted by atomic mass is 10.5. The van der Waals surface area contributed by atoms with Gasteiger partial charge < -0.3 is 9.42 Å². The normalized spacial score (nSPS) is 14.6. The lowest BCUT2D eigenvalue weighted by Gasteiger charge is -2.23. The molecular formula is C14H22Br2N3OPS3. The quantitative estimate of drug-likeness (QED) is 0.174. The van der Waals surface area contributed by atoms with Gasteiger partial charge in [-0.15, -0.1) is 0 Å². The molecule has 0 saturated heterocycles. The van der Waals surface area contributed by atoms with Crippen LogP contribution in [0.5, 0.6) is 5.88 Å². The second-order valence-electron chi connectivity index (χ2n) is 5.26. The fraction of sp³-hybridized carbons (Fsp3) is 0.571. The highest BCUT2D eigenvalue weighted by molar-refractivity contribution is 9.13. The van der Waals surface area contributed by atoms with E-state index < -0.39 is 5.62 Å². The largest absolute Gasteiger partial charge is 0.421 e. The van der Waals surface area contributed by atoms with Gasteiger partial charge in [0.1, 0.15) is 4.60 Å². The van der Waals surface area contributed by atoms with Crippen LogP contribution in [0, 0.1) is 0 Å². The summed E-state index contributed by atoms with van der Waals surface area (Å²) in [5.74, 6) is 1.49. The molecular weight excluding hydrogens is 513 g/mol. The summed E-state index contributed by atoms with van der Waals surface area (Å²) in [5.41, 5.74) is -2.51. The van der Waals surface area contributed by atoms with Gasteiger partial charge in [0.05, 0.1) is 4.47 Å². The van der Waals surface area contributed by atoms with Crippen molar-refractivity contribution in [2.45, 2.75) is 32.4 Å². The van der Waals surface area contributed by atoms with Crippen molar-refractivity contribution in [1.29, 1.82) is 0 Å². The van der Waals surface area contributed by atoms with Gasteiger partial charge in [0.25, 0.3) is 5.62 Å². The average molecular weight is 535 g/mol. The van der Waals surface area contributed by atoms with Gasteiger partial charge in [0, 0.05) is 31.2 Å². The van der Waals surface area contributed by atoms with Gasteiger partial charge in [0.15, 0.2) is 5.17 Å². The molecule has 1 heterocycles. The van der Waals surface area contributed by atoms with Crippen molar-refractivity contribution >= 4 is 77.6 Å². The first kappa shape index (κ1) is 22.8. The number of aromatic nitrogens is 1. The fourth-order valence-corrected chi connectivity index (χ4v) is 9.24. The summed E-state index contributed by atoms with van der Waals surface area (Å²) in [7, 11) is 3.96. The molecule has 0 saturated carbocycles. The van der Waals surface area contributed by atoms with Crippen molar-refractivity contribution in [3.8, 4) is 5.88 Å². The van der Waals surface area contributed by atoms with Crippen LogP contribution in [-0.2, 0) is 11.8 Å². The Balaban J connectivity index is 3.15. The predicted octanol–water partition coefficient (Wildman–Crippen LogP) is 6.41. The third-order valence-corrected chi connectivity index (χ3v) is 10.9. The molecule has 4 nitrogen and oxygen atoms in total. The number of rotatable bonds is 7. The van der Waals surface area contributed by atoms with E-state index in [-0.39, 0.29) is 0 Å². The summed E-state index contributed by atoms with van der Waals surface area (Å²) in [6.45, 7) is 6.35. The summed E-state index contributed by atoms with van der Waals surface area (Å²) >= 11 is 16.0. The maximum absolute atomic E-state index is 6.11. The van der Waals surface area contributed by atoms with Crippen molar-refractivity contribution in [3.63, 3.8) is 0 Å². The van der Waals surface area contributed by atoms with Crippen LogP contribution in [0.3, 0.4) is 0 Å². The third-order valence-electron chi connectivity index (χ3n) is 2.36. The van der Waals surface area contributed by atoms with E-state index in [1.54, 1.807) is 29.2 Å². The second-order valence-corrected chi connectivity index (χ2v) is 14.7. The number of pyridine rings is 1. The highest BCUT2D eigenvalue weighted by Gasteiger charge is 2.24. The molecule has 24 heavy (non-hydrogen) atoms. The molecule has 0 spiro atoms. The van der Waals surface area contributed by atoms with E-state index in [2.05, 4.69) is 57.6 Å². The Kier molecular flexibility index (Phi) is 10.2. The number of hydrogen-bond acceptors (Lipinski definition) is 5. The van der Waals surface area contributed by atoms with E-state index in [4.69, 9.17) is 21.1 Å². The summed E-state index contributed by atoms with van der Waals surface area (Å²) in [4.78, 5) is 6.38. The van der Waals surface area contributed by atoms with Crippen LogP contribution in [0.2, 0.25) is 0 Å². The molecule has 0 aromatic carbocycles. The van der Waals surface area contributed by atoms with Crippen LogP contribution in [0.25, 0.3) is 0 Å². The highest BCUT2D eigenvalue weighted by Crippen LogP contribution is 2.63. The Hall–Kier alpha value is 0.730.